The van der Waals surface area contributed by atoms with Gasteiger partial charge in [0.1, 0.15) is 11.9 Å². The standard InChI is InChI=1S/C23H31F2N5O3/c24-20-16-13-30(18-3-4-19(31)27-21(18)32)22(33)15(16)1-2-17(20)29-11-9-28(10-12-29)14-23(25)5-7-26-8-6-23/h1-2,18,22,26,33H,3-14H2,(H,27,31,32). The van der Waals surface area contributed by atoms with Crippen molar-refractivity contribution in [2.45, 2.75) is 50.2 Å². The van der Waals surface area contributed by atoms with Crippen LogP contribution in [0.4, 0.5) is 14.5 Å². The van der Waals surface area contributed by atoms with Gasteiger partial charge in [0, 0.05) is 56.8 Å². The molecule has 8 nitrogen and oxygen atoms in total. The normalized spacial score (nSPS) is 28.6. The van der Waals surface area contributed by atoms with Gasteiger partial charge in [-0.15, -0.1) is 0 Å². The highest BCUT2D eigenvalue weighted by Gasteiger charge is 2.41. The van der Waals surface area contributed by atoms with E-state index in [1.165, 1.54) is 0 Å². The Kier molecular flexibility index (Phi) is 6.11. The van der Waals surface area contributed by atoms with E-state index in [1.807, 2.05) is 4.90 Å². The number of aliphatic hydroxyl groups excluding tert-OH is 1. The fraction of sp³-hybridized carbons (Fsp3) is 0.652. The Morgan fingerprint density at radius 3 is 2.55 bits per heavy atom. The third kappa shape index (κ3) is 4.37. The van der Waals surface area contributed by atoms with Crippen molar-refractivity contribution in [3.8, 4) is 0 Å². The van der Waals surface area contributed by atoms with Crippen molar-refractivity contribution in [1.29, 1.82) is 0 Å². The third-order valence-corrected chi connectivity index (χ3v) is 7.52. The summed E-state index contributed by atoms with van der Waals surface area (Å²) in [6.45, 7) is 4.48. The number of rotatable bonds is 4. The summed E-state index contributed by atoms with van der Waals surface area (Å²) < 4.78 is 30.6. The summed E-state index contributed by atoms with van der Waals surface area (Å²) in [7, 11) is 0. The molecule has 0 bridgehead atoms. The molecular formula is C23H31F2N5O3. The number of piperazine rings is 1. The van der Waals surface area contributed by atoms with Gasteiger partial charge in [0.15, 0.2) is 5.82 Å². The van der Waals surface area contributed by atoms with Crippen molar-refractivity contribution in [2.24, 2.45) is 0 Å². The van der Waals surface area contributed by atoms with Gasteiger partial charge in [0.05, 0.1) is 11.7 Å². The van der Waals surface area contributed by atoms with Crippen LogP contribution in [0, 0.1) is 5.82 Å². The number of hydrogen-bond donors (Lipinski definition) is 3. The molecule has 3 N–H and O–H groups in total. The van der Waals surface area contributed by atoms with Crippen LogP contribution in [-0.2, 0) is 16.1 Å². The summed E-state index contributed by atoms with van der Waals surface area (Å²) in [5.74, 6) is -1.15. The molecule has 0 saturated carbocycles. The zero-order valence-corrected chi connectivity index (χ0v) is 18.7. The first kappa shape index (κ1) is 22.6. The number of carbonyl (C=O) groups excluding carboxylic acids is 2. The fourth-order valence-corrected chi connectivity index (χ4v) is 5.58. The van der Waals surface area contributed by atoms with Gasteiger partial charge >= 0.3 is 0 Å². The van der Waals surface area contributed by atoms with E-state index < -0.39 is 23.8 Å². The van der Waals surface area contributed by atoms with Crippen molar-refractivity contribution in [3.63, 3.8) is 0 Å². The molecule has 180 valence electrons. The maximum atomic E-state index is 15.5. The molecular weight excluding hydrogens is 432 g/mol. The van der Waals surface area contributed by atoms with Crippen LogP contribution in [0.15, 0.2) is 12.1 Å². The predicted molar refractivity (Wildman–Crippen MR) is 118 cm³/mol. The highest BCUT2D eigenvalue weighted by atomic mass is 19.1. The largest absolute Gasteiger partial charge is 0.374 e. The number of imide groups is 1. The van der Waals surface area contributed by atoms with Crippen molar-refractivity contribution in [2.75, 3.05) is 50.7 Å². The smallest absolute Gasteiger partial charge is 0.244 e. The number of carbonyl (C=O) groups is 2. The lowest BCUT2D eigenvalue weighted by molar-refractivity contribution is -0.141. The maximum Gasteiger partial charge on any atom is 0.244 e. The Morgan fingerprint density at radius 2 is 1.85 bits per heavy atom. The lowest BCUT2D eigenvalue weighted by atomic mass is 9.93. The molecule has 0 aromatic heterocycles. The Balaban J connectivity index is 1.25. The van der Waals surface area contributed by atoms with E-state index in [-0.39, 0.29) is 24.7 Å². The fourth-order valence-electron chi connectivity index (χ4n) is 5.58. The molecule has 0 spiro atoms. The molecule has 4 heterocycles. The van der Waals surface area contributed by atoms with Gasteiger partial charge in [-0.2, -0.15) is 0 Å². The molecule has 1 aromatic carbocycles. The number of nitrogens with one attached hydrogen (secondary N) is 2. The van der Waals surface area contributed by atoms with Gasteiger partial charge < -0.3 is 15.3 Å². The van der Waals surface area contributed by atoms with Gasteiger partial charge in [0.25, 0.3) is 0 Å². The summed E-state index contributed by atoms with van der Waals surface area (Å²) in [5.41, 5.74) is 0.180. The molecule has 5 rings (SSSR count). The molecule has 2 atom stereocenters. The minimum Gasteiger partial charge on any atom is -0.374 e. The molecule has 10 heteroatoms. The van der Waals surface area contributed by atoms with Crippen LogP contribution in [0.25, 0.3) is 0 Å². The minimum atomic E-state index is -1.15. The topological polar surface area (TPSA) is 88.2 Å². The molecule has 3 fully saturated rings. The molecule has 0 radical (unpaired) electrons. The van der Waals surface area contributed by atoms with Gasteiger partial charge in [-0.25, -0.2) is 8.78 Å². The Morgan fingerprint density at radius 1 is 1.12 bits per heavy atom. The van der Waals surface area contributed by atoms with Crippen LogP contribution < -0.4 is 15.5 Å². The van der Waals surface area contributed by atoms with E-state index >= 15 is 8.78 Å². The van der Waals surface area contributed by atoms with Crippen LogP contribution in [0.3, 0.4) is 0 Å². The van der Waals surface area contributed by atoms with Gasteiger partial charge in [-0.3, -0.25) is 24.7 Å². The molecule has 33 heavy (non-hydrogen) atoms. The summed E-state index contributed by atoms with van der Waals surface area (Å²) >= 11 is 0. The molecule has 4 aliphatic heterocycles. The van der Waals surface area contributed by atoms with Crippen LogP contribution in [-0.4, -0.2) is 84.2 Å². The zero-order chi connectivity index (χ0) is 23.2. The van der Waals surface area contributed by atoms with E-state index in [0.717, 1.165) is 0 Å². The SMILES string of the molecule is O=C1CCC(N2Cc3c(ccc(N4CCN(CC5(F)CCNCC5)CC4)c3F)C2O)C(=O)N1. The number of piperidine rings is 2. The summed E-state index contributed by atoms with van der Waals surface area (Å²) in [6, 6.07) is 2.74. The van der Waals surface area contributed by atoms with Gasteiger partial charge in [0.2, 0.25) is 11.8 Å². The average Bonchev–Trinajstić information content (AvgIpc) is 3.12. The first-order chi connectivity index (χ1) is 15.8. The highest BCUT2D eigenvalue weighted by molar-refractivity contribution is 6.00. The number of alkyl halides is 1. The number of anilines is 1. The second-order valence-corrected chi connectivity index (χ2v) is 9.64. The monoisotopic (exact) mass is 463 g/mol. The highest BCUT2D eigenvalue weighted by Crippen LogP contribution is 2.39. The summed E-state index contributed by atoms with van der Waals surface area (Å²) in [6.07, 6.45) is 0.468. The summed E-state index contributed by atoms with van der Waals surface area (Å²) in [5, 5.41) is 16.2. The van der Waals surface area contributed by atoms with E-state index in [9.17, 15) is 14.7 Å². The van der Waals surface area contributed by atoms with Crippen molar-refractivity contribution < 1.29 is 23.5 Å². The number of aliphatic hydroxyl groups is 1. The van der Waals surface area contributed by atoms with Crippen LogP contribution >= 0.6 is 0 Å². The number of hydrogen-bond acceptors (Lipinski definition) is 7. The number of fused-ring (bicyclic) bond motifs is 1. The predicted octanol–water partition coefficient (Wildman–Crippen LogP) is 0.651. The van der Waals surface area contributed by atoms with Crippen molar-refractivity contribution in [1.82, 2.24) is 20.4 Å². The molecule has 1 aromatic rings. The zero-order valence-electron chi connectivity index (χ0n) is 18.7. The first-order valence-electron chi connectivity index (χ1n) is 11.8. The molecule has 4 aliphatic rings. The first-order valence-corrected chi connectivity index (χ1v) is 11.8. The molecule has 3 saturated heterocycles. The van der Waals surface area contributed by atoms with E-state index in [1.54, 1.807) is 17.0 Å². The van der Waals surface area contributed by atoms with Crippen LogP contribution in [0.1, 0.15) is 43.0 Å². The Bertz CT molecular complexity index is 931. The van der Waals surface area contributed by atoms with Crippen molar-refractivity contribution >= 4 is 17.5 Å². The average molecular weight is 464 g/mol. The lowest BCUT2D eigenvalue weighted by Crippen LogP contribution is -2.53. The van der Waals surface area contributed by atoms with E-state index in [0.29, 0.717) is 81.9 Å². The van der Waals surface area contributed by atoms with E-state index in [2.05, 4.69) is 15.5 Å². The number of halogens is 2. The minimum absolute atomic E-state index is 0.112. The van der Waals surface area contributed by atoms with Gasteiger partial charge in [-0.1, -0.05) is 6.07 Å². The number of amides is 2. The second kappa shape index (κ2) is 8.90. The number of nitrogens with zero attached hydrogens (tertiary/aromatic N) is 3. The molecule has 2 unspecified atom stereocenters. The van der Waals surface area contributed by atoms with E-state index in [4.69, 9.17) is 0 Å². The van der Waals surface area contributed by atoms with Gasteiger partial charge in [-0.05, 0) is 38.4 Å². The van der Waals surface area contributed by atoms with Crippen molar-refractivity contribution in [3.05, 3.63) is 29.1 Å². The van der Waals surface area contributed by atoms with Crippen LogP contribution in [0.5, 0.6) is 0 Å². The lowest BCUT2D eigenvalue weighted by Gasteiger charge is -2.40. The Hall–Kier alpha value is -2.14. The maximum absolute atomic E-state index is 15.5. The molecule has 0 aliphatic carbocycles. The number of benzene rings is 1. The quantitative estimate of drug-likeness (QED) is 0.565. The summed E-state index contributed by atoms with van der Waals surface area (Å²) in [4.78, 5) is 29.4. The second-order valence-electron chi connectivity index (χ2n) is 9.64. The van der Waals surface area contributed by atoms with Crippen LogP contribution in [0.2, 0.25) is 0 Å². The molecule has 2 amide bonds. The third-order valence-electron chi connectivity index (χ3n) is 7.52. The Labute approximate surface area is 191 Å².